The summed E-state index contributed by atoms with van der Waals surface area (Å²) in [6.07, 6.45) is 2.35. The second-order valence-electron chi connectivity index (χ2n) is 3.61. The molecule has 0 aromatic carbocycles. The van der Waals surface area contributed by atoms with Gasteiger partial charge in [-0.15, -0.1) is 0 Å². The van der Waals surface area contributed by atoms with Crippen molar-refractivity contribution >= 4 is 17.7 Å². The van der Waals surface area contributed by atoms with Crippen molar-refractivity contribution in [3.8, 4) is 0 Å². The number of methoxy groups -OCH3 is 1. The highest BCUT2D eigenvalue weighted by atomic mass is 19.1. The second kappa shape index (κ2) is 6.53. The highest BCUT2D eigenvalue weighted by Crippen LogP contribution is 2.10. The highest BCUT2D eigenvalue weighted by molar-refractivity contribution is 5.89. The molecule has 0 saturated heterocycles. The van der Waals surface area contributed by atoms with Crippen molar-refractivity contribution in [3.63, 3.8) is 0 Å². The average molecular weight is 255 g/mol. The second-order valence-corrected chi connectivity index (χ2v) is 3.61. The zero-order chi connectivity index (χ0) is 13.5. The lowest BCUT2D eigenvalue weighted by molar-refractivity contribution is -0.144. The average Bonchev–Trinajstić information content (AvgIpc) is 2.37. The number of ether oxygens (including phenoxy) is 1. The van der Waals surface area contributed by atoms with Gasteiger partial charge in [0.2, 0.25) is 0 Å². The number of hydrogen-bond donors (Lipinski definition) is 2. The number of urea groups is 1. The molecule has 0 aliphatic heterocycles. The van der Waals surface area contributed by atoms with Crippen molar-refractivity contribution in [1.29, 1.82) is 0 Å². The smallest absolute Gasteiger partial charge is 0.319 e. The summed E-state index contributed by atoms with van der Waals surface area (Å²) in [5.41, 5.74) is 0.0215. The number of hydrogen-bond acceptors (Lipinski definition) is 4. The van der Waals surface area contributed by atoms with Gasteiger partial charge in [-0.3, -0.25) is 9.78 Å². The van der Waals surface area contributed by atoms with Crippen LogP contribution in [0.25, 0.3) is 0 Å². The normalized spacial score (nSPS) is 11.5. The Morgan fingerprint density at radius 3 is 2.89 bits per heavy atom. The fraction of sp³-hybridized carbons (Fsp3) is 0.364. The third-order valence-corrected chi connectivity index (χ3v) is 2.19. The van der Waals surface area contributed by atoms with Gasteiger partial charge in [0, 0.05) is 12.7 Å². The molecule has 1 atom stereocenters. The van der Waals surface area contributed by atoms with Gasteiger partial charge in [0.1, 0.15) is 0 Å². The highest BCUT2D eigenvalue weighted by Gasteiger charge is 2.14. The van der Waals surface area contributed by atoms with Crippen molar-refractivity contribution in [3.05, 3.63) is 24.3 Å². The van der Waals surface area contributed by atoms with E-state index in [2.05, 4.69) is 20.4 Å². The summed E-state index contributed by atoms with van der Waals surface area (Å²) < 4.78 is 17.7. The van der Waals surface area contributed by atoms with E-state index < -0.39 is 23.7 Å². The molecule has 7 heteroatoms. The van der Waals surface area contributed by atoms with E-state index in [1.807, 2.05) is 0 Å². The molecular formula is C11H14FN3O3. The number of anilines is 1. The summed E-state index contributed by atoms with van der Waals surface area (Å²) in [5, 5.41) is 4.74. The minimum atomic E-state index is -0.631. The summed E-state index contributed by atoms with van der Waals surface area (Å²) >= 11 is 0. The van der Waals surface area contributed by atoms with Gasteiger partial charge in [-0.05, 0) is 6.07 Å². The first-order chi connectivity index (χ1) is 8.54. The Kier molecular flexibility index (Phi) is 5.04. The van der Waals surface area contributed by atoms with Crippen LogP contribution in [0.15, 0.2) is 18.5 Å². The molecule has 0 fully saturated rings. The molecule has 2 amide bonds. The third kappa shape index (κ3) is 4.00. The molecule has 1 aromatic heterocycles. The van der Waals surface area contributed by atoms with E-state index in [1.54, 1.807) is 6.92 Å². The van der Waals surface area contributed by atoms with Crippen LogP contribution in [-0.4, -0.2) is 30.6 Å². The van der Waals surface area contributed by atoms with Crippen molar-refractivity contribution in [2.24, 2.45) is 5.92 Å². The predicted octanol–water partition coefficient (Wildman–Crippen LogP) is 1.15. The molecule has 0 bridgehead atoms. The zero-order valence-electron chi connectivity index (χ0n) is 10.1. The molecule has 6 nitrogen and oxygen atoms in total. The molecule has 0 aliphatic carbocycles. The lowest BCUT2D eigenvalue weighted by Gasteiger charge is -2.11. The van der Waals surface area contributed by atoms with Crippen molar-refractivity contribution in [2.75, 3.05) is 19.0 Å². The summed E-state index contributed by atoms with van der Waals surface area (Å²) in [7, 11) is 1.27. The van der Waals surface area contributed by atoms with Gasteiger partial charge in [-0.25, -0.2) is 9.18 Å². The number of carbonyl (C=O) groups is 2. The summed E-state index contributed by atoms with van der Waals surface area (Å²) in [6.45, 7) is 1.71. The van der Waals surface area contributed by atoms with Crippen LogP contribution in [0.3, 0.4) is 0 Å². The van der Waals surface area contributed by atoms with Gasteiger partial charge >= 0.3 is 12.0 Å². The molecule has 2 N–H and O–H groups in total. The molecule has 0 aliphatic rings. The van der Waals surface area contributed by atoms with E-state index in [-0.39, 0.29) is 12.2 Å². The maximum atomic E-state index is 13.2. The SMILES string of the molecule is COC(=O)C(C)CNC(=O)Nc1ccncc1F. The van der Waals surface area contributed by atoms with Gasteiger partial charge in [0.15, 0.2) is 5.82 Å². The number of esters is 1. The standard InChI is InChI=1S/C11H14FN3O3/c1-7(10(16)18-2)5-14-11(17)15-9-3-4-13-6-8(9)12/h3-4,6-7H,5H2,1-2H3,(H2,13,14,15,17). The summed E-state index contributed by atoms with van der Waals surface area (Å²) in [5.74, 6) is -1.53. The molecule has 18 heavy (non-hydrogen) atoms. The molecule has 0 spiro atoms. The van der Waals surface area contributed by atoms with Crippen LogP contribution in [0.1, 0.15) is 6.92 Å². The number of carbonyl (C=O) groups excluding carboxylic acids is 2. The Morgan fingerprint density at radius 1 is 1.56 bits per heavy atom. The van der Waals surface area contributed by atoms with Crippen LogP contribution < -0.4 is 10.6 Å². The van der Waals surface area contributed by atoms with Gasteiger partial charge in [-0.2, -0.15) is 0 Å². The van der Waals surface area contributed by atoms with E-state index in [9.17, 15) is 14.0 Å². The third-order valence-electron chi connectivity index (χ3n) is 2.19. The van der Waals surface area contributed by atoms with Crippen LogP contribution >= 0.6 is 0 Å². The fourth-order valence-electron chi connectivity index (χ4n) is 1.17. The summed E-state index contributed by atoms with van der Waals surface area (Å²) in [4.78, 5) is 26.0. The zero-order valence-corrected chi connectivity index (χ0v) is 10.1. The first-order valence-electron chi connectivity index (χ1n) is 5.26. The topological polar surface area (TPSA) is 80.3 Å². The number of halogens is 1. The van der Waals surface area contributed by atoms with Crippen LogP contribution in [-0.2, 0) is 9.53 Å². The van der Waals surface area contributed by atoms with Crippen molar-refractivity contribution < 1.29 is 18.7 Å². The molecule has 0 radical (unpaired) electrons. The van der Waals surface area contributed by atoms with E-state index >= 15 is 0 Å². The van der Waals surface area contributed by atoms with Gasteiger partial charge < -0.3 is 15.4 Å². The lowest BCUT2D eigenvalue weighted by Crippen LogP contribution is -2.35. The fourth-order valence-corrected chi connectivity index (χ4v) is 1.17. The Bertz CT molecular complexity index is 439. The maximum absolute atomic E-state index is 13.2. The minimum Gasteiger partial charge on any atom is -0.469 e. The monoisotopic (exact) mass is 255 g/mol. The van der Waals surface area contributed by atoms with E-state index in [0.29, 0.717) is 0 Å². The number of nitrogens with one attached hydrogen (secondary N) is 2. The van der Waals surface area contributed by atoms with Crippen LogP contribution in [0, 0.1) is 11.7 Å². The quantitative estimate of drug-likeness (QED) is 0.791. The molecule has 98 valence electrons. The molecule has 1 heterocycles. The first kappa shape index (κ1) is 13.9. The number of pyridine rings is 1. The van der Waals surface area contributed by atoms with Crippen LogP contribution in [0.4, 0.5) is 14.9 Å². The van der Waals surface area contributed by atoms with Crippen LogP contribution in [0.2, 0.25) is 0 Å². The Balaban J connectivity index is 2.43. The predicted molar refractivity (Wildman–Crippen MR) is 62.4 cm³/mol. The Morgan fingerprint density at radius 2 is 2.28 bits per heavy atom. The molecule has 1 rings (SSSR count). The molecule has 1 unspecified atom stereocenters. The molecule has 0 saturated carbocycles. The largest absolute Gasteiger partial charge is 0.469 e. The van der Waals surface area contributed by atoms with E-state index in [1.165, 1.54) is 19.4 Å². The lowest BCUT2D eigenvalue weighted by atomic mass is 10.2. The van der Waals surface area contributed by atoms with Gasteiger partial charge in [0.05, 0.1) is 24.9 Å². The minimum absolute atomic E-state index is 0.0215. The number of nitrogens with zero attached hydrogens (tertiary/aromatic N) is 1. The maximum Gasteiger partial charge on any atom is 0.319 e. The number of amides is 2. The van der Waals surface area contributed by atoms with Crippen molar-refractivity contribution in [1.82, 2.24) is 10.3 Å². The number of rotatable bonds is 4. The molecule has 1 aromatic rings. The Labute approximate surface area is 104 Å². The Hall–Kier alpha value is -2.18. The first-order valence-corrected chi connectivity index (χ1v) is 5.26. The van der Waals surface area contributed by atoms with Gasteiger partial charge in [-0.1, -0.05) is 6.92 Å². The van der Waals surface area contributed by atoms with Gasteiger partial charge in [0.25, 0.3) is 0 Å². The molecular weight excluding hydrogens is 241 g/mol. The van der Waals surface area contributed by atoms with Crippen molar-refractivity contribution in [2.45, 2.75) is 6.92 Å². The number of aromatic nitrogens is 1. The van der Waals surface area contributed by atoms with E-state index in [4.69, 9.17) is 0 Å². The van der Waals surface area contributed by atoms with Crippen LogP contribution in [0.5, 0.6) is 0 Å². The summed E-state index contributed by atoms with van der Waals surface area (Å²) in [6, 6.07) is 0.731. The van der Waals surface area contributed by atoms with E-state index in [0.717, 1.165) is 6.20 Å².